The molecule has 1 aromatic heterocycles. The Bertz CT molecular complexity index is 288. The van der Waals surface area contributed by atoms with E-state index in [-0.39, 0.29) is 5.25 Å². The summed E-state index contributed by atoms with van der Waals surface area (Å²) in [6, 6.07) is 2.11. The van der Waals surface area contributed by atoms with Crippen LogP contribution in [0.3, 0.4) is 0 Å². The number of nitrogens with zero attached hydrogens (tertiary/aromatic N) is 3. The summed E-state index contributed by atoms with van der Waals surface area (Å²) in [5.74, 6) is 0. The Labute approximate surface area is 75.8 Å². The van der Waals surface area contributed by atoms with Gasteiger partial charge in [0.25, 0.3) is 0 Å². The summed E-state index contributed by atoms with van der Waals surface area (Å²) in [7, 11) is 0. The van der Waals surface area contributed by atoms with Crippen molar-refractivity contribution in [3.05, 3.63) is 18.0 Å². The Morgan fingerprint density at radius 3 is 2.58 bits per heavy atom. The van der Waals surface area contributed by atoms with Crippen LogP contribution in [0.4, 0.5) is 0 Å². The zero-order valence-electron chi connectivity index (χ0n) is 6.98. The number of aryl methyl sites for hydroxylation is 1. The third kappa shape index (κ3) is 2.51. The molecule has 0 fully saturated rings. The van der Waals surface area contributed by atoms with Crippen LogP contribution >= 0.6 is 11.8 Å². The molecule has 12 heavy (non-hydrogen) atoms. The summed E-state index contributed by atoms with van der Waals surface area (Å²) < 4.78 is 0. The van der Waals surface area contributed by atoms with E-state index in [2.05, 4.69) is 16.0 Å². The van der Waals surface area contributed by atoms with Gasteiger partial charge in [-0.1, -0.05) is 11.8 Å². The van der Waals surface area contributed by atoms with Gasteiger partial charge in [-0.25, -0.2) is 9.97 Å². The minimum absolute atomic E-state index is 0.0901. The van der Waals surface area contributed by atoms with Crippen molar-refractivity contribution in [1.82, 2.24) is 9.97 Å². The van der Waals surface area contributed by atoms with E-state index in [1.165, 1.54) is 11.8 Å². The topological polar surface area (TPSA) is 49.6 Å². The zero-order chi connectivity index (χ0) is 8.97. The molecule has 1 unspecified atom stereocenters. The van der Waals surface area contributed by atoms with Crippen molar-refractivity contribution in [3.63, 3.8) is 0 Å². The van der Waals surface area contributed by atoms with Gasteiger partial charge in [0, 0.05) is 12.4 Å². The lowest BCUT2D eigenvalue weighted by Gasteiger charge is -1.99. The maximum atomic E-state index is 8.52. The van der Waals surface area contributed by atoms with E-state index in [4.69, 9.17) is 5.26 Å². The molecule has 0 amide bonds. The highest BCUT2D eigenvalue weighted by Gasteiger charge is 2.03. The van der Waals surface area contributed by atoms with Gasteiger partial charge in [-0.3, -0.25) is 0 Å². The van der Waals surface area contributed by atoms with E-state index in [9.17, 15) is 0 Å². The van der Waals surface area contributed by atoms with Crippen LogP contribution in [0.2, 0.25) is 0 Å². The van der Waals surface area contributed by atoms with Gasteiger partial charge in [-0.05, 0) is 19.4 Å². The Kier molecular flexibility index (Phi) is 3.06. The van der Waals surface area contributed by atoms with Gasteiger partial charge in [0.05, 0.1) is 11.3 Å². The quantitative estimate of drug-likeness (QED) is 0.513. The summed E-state index contributed by atoms with van der Waals surface area (Å²) in [5, 5.41) is 9.10. The molecule has 0 saturated heterocycles. The average Bonchev–Trinajstić information content (AvgIpc) is 2.09. The van der Waals surface area contributed by atoms with E-state index in [1.807, 2.05) is 13.8 Å². The predicted molar refractivity (Wildman–Crippen MR) is 47.7 cm³/mol. The van der Waals surface area contributed by atoms with Crippen LogP contribution in [0, 0.1) is 18.3 Å². The van der Waals surface area contributed by atoms with Crippen molar-refractivity contribution in [2.24, 2.45) is 0 Å². The first-order valence-corrected chi connectivity index (χ1v) is 4.45. The lowest BCUT2D eigenvalue weighted by molar-refractivity contribution is 0.946. The number of rotatable bonds is 2. The lowest BCUT2D eigenvalue weighted by atomic mass is 10.4. The molecule has 1 aromatic rings. The van der Waals surface area contributed by atoms with E-state index < -0.39 is 0 Å². The first kappa shape index (κ1) is 9.01. The van der Waals surface area contributed by atoms with Crippen LogP contribution in [0.5, 0.6) is 0 Å². The second-order valence-electron chi connectivity index (χ2n) is 2.43. The van der Waals surface area contributed by atoms with Crippen molar-refractivity contribution < 1.29 is 0 Å². The molecule has 0 aliphatic carbocycles. The van der Waals surface area contributed by atoms with E-state index >= 15 is 0 Å². The second kappa shape index (κ2) is 4.07. The number of nitriles is 1. The van der Waals surface area contributed by atoms with Gasteiger partial charge in [0.1, 0.15) is 0 Å². The molecule has 0 radical (unpaired) electrons. The number of hydrogen-bond acceptors (Lipinski definition) is 4. The summed E-state index contributed by atoms with van der Waals surface area (Å²) in [6.45, 7) is 3.76. The SMILES string of the molecule is Cc1cnc(SC(C)C#N)nc1. The molecular formula is C8H9N3S. The van der Waals surface area contributed by atoms with E-state index in [1.54, 1.807) is 12.4 Å². The largest absolute Gasteiger partial charge is 0.231 e. The maximum absolute atomic E-state index is 8.52. The normalized spacial score (nSPS) is 12.1. The van der Waals surface area contributed by atoms with Crippen LogP contribution < -0.4 is 0 Å². The summed E-state index contributed by atoms with van der Waals surface area (Å²) >= 11 is 1.37. The molecule has 0 saturated carbocycles. The smallest absolute Gasteiger partial charge is 0.188 e. The zero-order valence-corrected chi connectivity index (χ0v) is 7.80. The molecule has 0 N–H and O–H groups in total. The molecule has 1 atom stereocenters. The van der Waals surface area contributed by atoms with Gasteiger partial charge >= 0.3 is 0 Å². The first-order valence-electron chi connectivity index (χ1n) is 3.57. The van der Waals surface area contributed by atoms with Crippen molar-refractivity contribution >= 4 is 11.8 Å². The fourth-order valence-electron chi connectivity index (χ4n) is 0.626. The minimum atomic E-state index is -0.0901. The second-order valence-corrected chi connectivity index (χ2v) is 3.74. The molecular weight excluding hydrogens is 170 g/mol. The van der Waals surface area contributed by atoms with Crippen molar-refractivity contribution in [1.29, 1.82) is 5.26 Å². The van der Waals surface area contributed by atoms with Crippen LogP contribution in [0.25, 0.3) is 0 Å². The Balaban J connectivity index is 2.66. The molecule has 0 aliphatic rings. The van der Waals surface area contributed by atoms with Gasteiger partial charge in [0.2, 0.25) is 0 Å². The Hall–Kier alpha value is -1.08. The van der Waals surface area contributed by atoms with Gasteiger partial charge in [-0.2, -0.15) is 5.26 Å². The summed E-state index contributed by atoms with van der Waals surface area (Å²) in [4.78, 5) is 8.13. The highest BCUT2D eigenvalue weighted by molar-refractivity contribution is 7.99. The van der Waals surface area contributed by atoms with Crippen LogP contribution in [0.1, 0.15) is 12.5 Å². The maximum Gasteiger partial charge on any atom is 0.188 e. The van der Waals surface area contributed by atoms with Crippen LogP contribution in [-0.2, 0) is 0 Å². The summed E-state index contributed by atoms with van der Waals surface area (Å²) in [5.41, 5.74) is 1.03. The monoisotopic (exact) mass is 179 g/mol. The molecule has 0 aromatic carbocycles. The highest BCUT2D eigenvalue weighted by Crippen LogP contribution is 2.17. The third-order valence-electron chi connectivity index (χ3n) is 1.22. The first-order chi connectivity index (χ1) is 5.72. The van der Waals surface area contributed by atoms with Crippen molar-refractivity contribution in [2.45, 2.75) is 24.3 Å². The molecule has 0 bridgehead atoms. The highest BCUT2D eigenvalue weighted by atomic mass is 32.2. The van der Waals surface area contributed by atoms with E-state index in [0.717, 1.165) is 5.56 Å². The number of hydrogen-bond donors (Lipinski definition) is 0. The molecule has 1 heterocycles. The van der Waals surface area contributed by atoms with Crippen LogP contribution in [-0.4, -0.2) is 15.2 Å². The molecule has 4 heteroatoms. The molecule has 62 valence electrons. The standard InChI is InChI=1S/C8H9N3S/c1-6-4-10-8(11-5-6)12-7(2)3-9/h4-5,7H,1-2H3. The van der Waals surface area contributed by atoms with Gasteiger partial charge < -0.3 is 0 Å². The average molecular weight is 179 g/mol. The van der Waals surface area contributed by atoms with Gasteiger partial charge in [0.15, 0.2) is 5.16 Å². The fraction of sp³-hybridized carbons (Fsp3) is 0.375. The van der Waals surface area contributed by atoms with E-state index in [0.29, 0.717) is 5.16 Å². The predicted octanol–water partition coefficient (Wildman–Crippen LogP) is 1.79. The Morgan fingerprint density at radius 1 is 1.50 bits per heavy atom. The molecule has 1 rings (SSSR count). The minimum Gasteiger partial charge on any atom is -0.231 e. The molecule has 3 nitrogen and oxygen atoms in total. The summed E-state index contributed by atoms with van der Waals surface area (Å²) in [6.07, 6.45) is 3.50. The molecule has 0 aliphatic heterocycles. The third-order valence-corrected chi connectivity index (χ3v) is 2.10. The lowest BCUT2D eigenvalue weighted by Crippen LogP contribution is -1.94. The number of aromatic nitrogens is 2. The number of thioether (sulfide) groups is 1. The fourth-order valence-corrected chi connectivity index (χ4v) is 1.22. The van der Waals surface area contributed by atoms with Gasteiger partial charge in [-0.15, -0.1) is 0 Å². The molecule has 0 spiro atoms. The van der Waals surface area contributed by atoms with Crippen molar-refractivity contribution in [3.8, 4) is 6.07 Å². The Morgan fingerprint density at radius 2 is 2.08 bits per heavy atom. The van der Waals surface area contributed by atoms with Crippen molar-refractivity contribution in [2.75, 3.05) is 0 Å². The van der Waals surface area contributed by atoms with Crippen LogP contribution in [0.15, 0.2) is 17.6 Å².